The fourth-order valence-electron chi connectivity index (χ4n) is 4.10. The number of hydrogen-bond acceptors (Lipinski definition) is 5. The van der Waals surface area contributed by atoms with E-state index in [-0.39, 0.29) is 23.8 Å². The smallest absolute Gasteiger partial charge is 0.225 e. The van der Waals surface area contributed by atoms with Crippen molar-refractivity contribution in [2.24, 2.45) is 5.92 Å². The number of ether oxygens (including phenoxy) is 2. The Balaban J connectivity index is 1.41. The first-order valence-electron chi connectivity index (χ1n) is 11.0. The summed E-state index contributed by atoms with van der Waals surface area (Å²) in [5.74, 6) is 0.548. The molecule has 0 radical (unpaired) electrons. The molecule has 2 amide bonds. The molecule has 0 spiro atoms. The zero-order chi connectivity index (χ0) is 21.5. The number of likely N-dealkylation sites (tertiary alicyclic amines) is 1. The van der Waals surface area contributed by atoms with Crippen molar-refractivity contribution in [2.45, 2.75) is 51.7 Å². The van der Waals surface area contributed by atoms with Crippen LogP contribution in [0.4, 0.5) is 0 Å². The molecular weight excluding hydrogens is 382 g/mol. The van der Waals surface area contributed by atoms with Crippen molar-refractivity contribution in [1.29, 1.82) is 0 Å². The molecule has 1 aromatic carbocycles. The van der Waals surface area contributed by atoms with Gasteiger partial charge in [0.15, 0.2) is 0 Å². The second-order valence-corrected chi connectivity index (χ2v) is 8.58. The molecule has 0 bridgehead atoms. The summed E-state index contributed by atoms with van der Waals surface area (Å²) >= 11 is 0. The second-order valence-electron chi connectivity index (χ2n) is 8.58. The van der Waals surface area contributed by atoms with Gasteiger partial charge in [-0.2, -0.15) is 0 Å². The summed E-state index contributed by atoms with van der Waals surface area (Å²) < 4.78 is 11.4. The highest BCUT2D eigenvalue weighted by Crippen LogP contribution is 2.21. The van der Waals surface area contributed by atoms with Gasteiger partial charge >= 0.3 is 0 Å². The Morgan fingerprint density at radius 2 is 2.10 bits per heavy atom. The average Bonchev–Trinajstić information content (AvgIpc) is 3.15. The van der Waals surface area contributed by atoms with Crippen molar-refractivity contribution in [1.82, 2.24) is 15.1 Å². The first kappa shape index (κ1) is 22.6. The van der Waals surface area contributed by atoms with E-state index in [9.17, 15) is 9.59 Å². The van der Waals surface area contributed by atoms with Crippen LogP contribution in [-0.2, 0) is 20.9 Å². The number of nitrogens with zero attached hydrogens (tertiary/aromatic N) is 2. The highest BCUT2D eigenvalue weighted by Gasteiger charge is 2.35. The highest BCUT2D eigenvalue weighted by molar-refractivity contribution is 5.89. The number of likely N-dealkylation sites (N-methyl/N-ethyl adjacent to an activating group) is 1. The molecule has 2 fully saturated rings. The molecule has 0 aliphatic carbocycles. The minimum atomic E-state index is -0.264. The van der Waals surface area contributed by atoms with E-state index >= 15 is 0 Å². The van der Waals surface area contributed by atoms with Crippen LogP contribution in [0, 0.1) is 5.92 Å². The molecule has 3 rings (SSSR count). The Labute approximate surface area is 179 Å². The fourth-order valence-corrected chi connectivity index (χ4v) is 4.10. The van der Waals surface area contributed by atoms with Gasteiger partial charge in [-0.1, -0.05) is 12.1 Å². The summed E-state index contributed by atoms with van der Waals surface area (Å²) in [4.78, 5) is 28.6. The van der Waals surface area contributed by atoms with Gasteiger partial charge in [0, 0.05) is 51.4 Å². The molecule has 0 saturated carbocycles. The number of carbonyl (C=O) groups excluding carboxylic acids is 2. The van der Waals surface area contributed by atoms with Crippen LogP contribution < -0.4 is 10.1 Å². The zero-order valence-electron chi connectivity index (χ0n) is 18.4. The predicted molar refractivity (Wildman–Crippen MR) is 115 cm³/mol. The Hall–Kier alpha value is -2.12. The quantitative estimate of drug-likeness (QED) is 0.666. The van der Waals surface area contributed by atoms with Crippen LogP contribution in [0.1, 0.15) is 38.7 Å². The van der Waals surface area contributed by atoms with Gasteiger partial charge in [0.05, 0.1) is 5.92 Å². The van der Waals surface area contributed by atoms with Crippen LogP contribution in [0.3, 0.4) is 0 Å². The predicted octanol–water partition coefficient (Wildman–Crippen LogP) is 2.05. The van der Waals surface area contributed by atoms with Crippen LogP contribution in [-0.4, -0.2) is 73.7 Å². The van der Waals surface area contributed by atoms with Crippen LogP contribution in [0.2, 0.25) is 0 Å². The van der Waals surface area contributed by atoms with Crippen molar-refractivity contribution in [3.8, 4) is 5.75 Å². The van der Waals surface area contributed by atoms with Gasteiger partial charge in [0.1, 0.15) is 12.4 Å². The average molecular weight is 418 g/mol. The third kappa shape index (κ3) is 6.19. The first-order valence-corrected chi connectivity index (χ1v) is 11.0. The number of benzene rings is 1. The fraction of sp³-hybridized carbons (Fsp3) is 0.652. The summed E-state index contributed by atoms with van der Waals surface area (Å²) in [6.07, 6.45) is 2.45. The number of hydrogen-bond donors (Lipinski definition) is 1. The van der Waals surface area contributed by atoms with Gasteiger partial charge in [-0.25, -0.2) is 0 Å². The molecule has 1 N–H and O–H groups in total. The largest absolute Gasteiger partial charge is 0.492 e. The molecule has 2 aliphatic rings. The number of nitrogens with one attached hydrogen (secondary N) is 1. The summed E-state index contributed by atoms with van der Waals surface area (Å²) in [5.41, 5.74) is 0.990. The third-order valence-corrected chi connectivity index (χ3v) is 6.04. The van der Waals surface area contributed by atoms with Crippen LogP contribution in [0.15, 0.2) is 24.3 Å². The highest BCUT2D eigenvalue weighted by atomic mass is 16.5. The minimum absolute atomic E-state index is 0.0593. The van der Waals surface area contributed by atoms with Crippen molar-refractivity contribution < 1.29 is 19.1 Å². The van der Waals surface area contributed by atoms with Crippen LogP contribution in [0.25, 0.3) is 0 Å². The Kier molecular flexibility index (Phi) is 8.10. The lowest BCUT2D eigenvalue weighted by Gasteiger charge is -2.31. The normalized spacial score (nSPS) is 20.2. The monoisotopic (exact) mass is 417 g/mol. The van der Waals surface area contributed by atoms with Crippen molar-refractivity contribution in [3.63, 3.8) is 0 Å². The Bertz CT molecular complexity index is 718. The van der Waals surface area contributed by atoms with Gasteiger partial charge in [0.25, 0.3) is 0 Å². The number of rotatable bonds is 9. The van der Waals surface area contributed by atoms with Gasteiger partial charge < -0.3 is 19.7 Å². The maximum absolute atomic E-state index is 12.5. The lowest BCUT2D eigenvalue weighted by Crippen LogP contribution is -2.38. The summed E-state index contributed by atoms with van der Waals surface area (Å²) in [6, 6.07) is 8.53. The Morgan fingerprint density at radius 1 is 1.33 bits per heavy atom. The summed E-state index contributed by atoms with van der Waals surface area (Å²) in [5, 5.41) is 2.97. The van der Waals surface area contributed by atoms with E-state index < -0.39 is 0 Å². The molecule has 7 nitrogen and oxygen atoms in total. The van der Waals surface area contributed by atoms with E-state index in [2.05, 4.69) is 17.3 Å². The molecule has 1 atom stereocenters. The molecule has 1 aromatic rings. The maximum atomic E-state index is 12.5. The second kappa shape index (κ2) is 10.8. The van der Waals surface area contributed by atoms with E-state index in [1.54, 1.807) is 4.90 Å². The number of amides is 2. The maximum Gasteiger partial charge on any atom is 0.225 e. The van der Waals surface area contributed by atoms with Gasteiger partial charge in [-0.15, -0.1) is 0 Å². The SMILES string of the molecule is CC(C)N1CC(C(=O)NCc2cccc(OCCN(C)C3CCOCC3)c2)CC1=O. The van der Waals surface area contributed by atoms with E-state index in [1.165, 1.54) is 0 Å². The van der Waals surface area contributed by atoms with E-state index in [0.29, 0.717) is 32.2 Å². The van der Waals surface area contributed by atoms with Crippen molar-refractivity contribution in [2.75, 3.05) is 40.0 Å². The first-order chi connectivity index (χ1) is 14.4. The topological polar surface area (TPSA) is 71.1 Å². The molecule has 0 aromatic heterocycles. The van der Waals surface area contributed by atoms with E-state index in [0.717, 1.165) is 43.9 Å². The molecule has 2 heterocycles. The number of carbonyl (C=O) groups is 2. The Morgan fingerprint density at radius 3 is 2.80 bits per heavy atom. The standard InChI is InChI=1S/C23H35N3O4/c1-17(2)26-16-19(14-22(26)27)23(28)24-15-18-5-4-6-21(13-18)30-12-9-25(3)20-7-10-29-11-8-20/h4-6,13,17,19-20H,7-12,14-16H2,1-3H3,(H,24,28). The van der Waals surface area contributed by atoms with Gasteiger partial charge in [-0.3, -0.25) is 14.5 Å². The lowest BCUT2D eigenvalue weighted by atomic mass is 10.1. The van der Waals surface area contributed by atoms with Crippen LogP contribution >= 0.6 is 0 Å². The zero-order valence-corrected chi connectivity index (χ0v) is 18.4. The summed E-state index contributed by atoms with van der Waals surface area (Å²) in [6.45, 7) is 8.07. The molecule has 7 heteroatoms. The third-order valence-electron chi connectivity index (χ3n) is 6.04. The molecule has 2 aliphatic heterocycles. The van der Waals surface area contributed by atoms with Gasteiger partial charge in [-0.05, 0) is 51.4 Å². The van der Waals surface area contributed by atoms with Crippen molar-refractivity contribution in [3.05, 3.63) is 29.8 Å². The van der Waals surface area contributed by atoms with Crippen molar-refractivity contribution >= 4 is 11.8 Å². The molecule has 2 saturated heterocycles. The summed E-state index contributed by atoms with van der Waals surface area (Å²) in [7, 11) is 2.14. The molecule has 1 unspecified atom stereocenters. The molecular formula is C23H35N3O4. The van der Waals surface area contributed by atoms with Gasteiger partial charge in [0.2, 0.25) is 11.8 Å². The van der Waals surface area contributed by atoms with E-state index in [1.807, 2.05) is 38.1 Å². The molecule has 30 heavy (non-hydrogen) atoms. The lowest BCUT2D eigenvalue weighted by molar-refractivity contribution is -0.130. The van der Waals surface area contributed by atoms with Crippen LogP contribution in [0.5, 0.6) is 5.75 Å². The van der Waals surface area contributed by atoms with E-state index in [4.69, 9.17) is 9.47 Å². The minimum Gasteiger partial charge on any atom is -0.492 e. The molecule has 166 valence electrons.